The summed E-state index contributed by atoms with van der Waals surface area (Å²) < 4.78 is 12.1. The Morgan fingerprint density at radius 3 is 2.46 bits per heavy atom. The van der Waals surface area contributed by atoms with Crippen molar-refractivity contribution >= 4 is 27.9 Å². The van der Waals surface area contributed by atoms with Gasteiger partial charge in [-0.2, -0.15) is 0 Å². The zero-order valence-electron chi connectivity index (χ0n) is 14.4. The number of benzene rings is 2. The number of anilines is 1. The number of rotatable bonds is 5. The lowest BCUT2D eigenvalue weighted by Gasteiger charge is -2.04. The molecule has 1 amide bonds. The Hall–Kier alpha value is -3.52. The molecule has 1 N–H and O–H groups in total. The largest absolute Gasteiger partial charge is 0.456 e. The minimum absolute atomic E-state index is 0.0265. The van der Waals surface area contributed by atoms with E-state index in [-0.39, 0.29) is 11.9 Å². The topological polar surface area (TPSA) is 90.1 Å². The molecule has 138 valence electrons. The molecule has 0 radical (unpaired) electrons. The lowest BCUT2D eigenvalue weighted by Crippen LogP contribution is -2.11. The highest BCUT2D eigenvalue weighted by Gasteiger charge is 2.13. The van der Waals surface area contributed by atoms with Crippen LogP contribution in [0, 0.1) is 0 Å². The highest BCUT2D eigenvalue weighted by Crippen LogP contribution is 2.25. The van der Waals surface area contributed by atoms with Crippen LogP contribution < -0.4 is 10.1 Å². The Balaban J connectivity index is 1.43. The van der Waals surface area contributed by atoms with Gasteiger partial charge >= 0.3 is 6.01 Å². The molecule has 0 unspecified atom stereocenters. The molecule has 0 spiro atoms. The Morgan fingerprint density at radius 2 is 1.75 bits per heavy atom. The van der Waals surface area contributed by atoms with Crippen LogP contribution in [0.25, 0.3) is 11.5 Å². The maximum Gasteiger partial charge on any atom is 0.322 e. The second-order valence-corrected chi connectivity index (χ2v) is 6.60. The van der Waals surface area contributed by atoms with Gasteiger partial charge in [-0.25, -0.2) is 0 Å². The molecule has 7 nitrogen and oxygen atoms in total. The molecule has 0 atom stereocenters. The molecule has 4 rings (SSSR count). The number of ether oxygens (including phenoxy) is 1. The van der Waals surface area contributed by atoms with Crippen LogP contribution in [0.15, 0.2) is 81.9 Å². The van der Waals surface area contributed by atoms with Crippen LogP contribution in [0.1, 0.15) is 10.4 Å². The number of hydrogen-bond donors (Lipinski definition) is 1. The fourth-order valence-electron chi connectivity index (χ4n) is 2.37. The number of amides is 1. The SMILES string of the molecule is O=C(Nc1nnc(-c2ccc(Oc3cccnc3)cc2)o1)c1ccc(Br)cc1. The van der Waals surface area contributed by atoms with Gasteiger partial charge in [0.15, 0.2) is 0 Å². The van der Waals surface area contributed by atoms with Gasteiger partial charge in [0.25, 0.3) is 5.91 Å². The van der Waals surface area contributed by atoms with Gasteiger partial charge in [0.1, 0.15) is 11.5 Å². The first-order valence-electron chi connectivity index (χ1n) is 8.26. The molecule has 2 heterocycles. The molecular weight excluding hydrogens is 424 g/mol. The number of hydrogen-bond acceptors (Lipinski definition) is 6. The molecule has 0 saturated heterocycles. The molecule has 2 aromatic heterocycles. The smallest absolute Gasteiger partial charge is 0.322 e. The van der Waals surface area contributed by atoms with Crippen LogP contribution in [0.4, 0.5) is 6.01 Å². The van der Waals surface area contributed by atoms with Crippen LogP contribution in [0.3, 0.4) is 0 Å². The van der Waals surface area contributed by atoms with Gasteiger partial charge in [0.05, 0.1) is 6.20 Å². The predicted molar refractivity (Wildman–Crippen MR) is 106 cm³/mol. The van der Waals surface area contributed by atoms with Crippen molar-refractivity contribution in [1.82, 2.24) is 15.2 Å². The average Bonchev–Trinajstić information content (AvgIpc) is 3.18. The van der Waals surface area contributed by atoms with Gasteiger partial charge in [-0.1, -0.05) is 21.0 Å². The minimum Gasteiger partial charge on any atom is -0.456 e. The summed E-state index contributed by atoms with van der Waals surface area (Å²) in [6.07, 6.45) is 3.31. The van der Waals surface area contributed by atoms with Crippen molar-refractivity contribution in [3.63, 3.8) is 0 Å². The third-order valence-corrected chi connectivity index (χ3v) is 4.25. The number of pyridine rings is 1. The molecule has 4 aromatic rings. The van der Waals surface area contributed by atoms with E-state index in [4.69, 9.17) is 9.15 Å². The van der Waals surface area contributed by atoms with Gasteiger partial charge in [-0.15, -0.1) is 5.10 Å². The third-order valence-electron chi connectivity index (χ3n) is 3.72. The van der Waals surface area contributed by atoms with E-state index in [1.807, 2.05) is 6.07 Å². The maximum atomic E-state index is 12.2. The Bertz CT molecular complexity index is 1080. The van der Waals surface area contributed by atoms with Crippen molar-refractivity contribution in [2.24, 2.45) is 0 Å². The molecule has 0 aliphatic rings. The number of halogens is 1. The summed E-state index contributed by atoms with van der Waals surface area (Å²) in [4.78, 5) is 16.2. The average molecular weight is 437 g/mol. The number of carbonyl (C=O) groups is 1. The van der Waals surface area contributed by atoms with E-state index < -0.39 is 0 Å². The van der Waals surface area contributed by atoms with E-state index in [1.54, 1.807) is 67.0 Å². The van der Waals surface area contributed by atoms with Crippen molar-refractivity contribution in [3.8, 4) is 23.0 Å². The van der Waals surface area contributed by atoms with E-state index >= 15 is 0 Å². The van der Waals surface area contributed by atoms with Crippen molar-refractivity contribution in [3.05, 3.63) is 83.1 Å². The second kappa shape index (κ2) is 8.01. The molecule has 0 saturated carbocycles. The number of carbonyl (C=O) groups excluding carboxylic acids is 1. The van der Waals surface area contributed by atoms with Crippen molar-refractivity contribution in [2.75, 3.05) is 5.32 Å². The van der Waals surface area contributed by atoms with Crippen molar-refractivity contribution in [1.29, 1.82) is 0 Å². The number of aromatic nitrogens is 3. The zero-order chi connectivity index (χ0) is 19.3. The van der Waals surface area contributed by atoms with Crippen molar-refractivity contribution < 1.29 is 13.9 Å². The van der Waals surface area contributed by atoms with Crippen LogP contribution in [0.2, 0.25) is 0 Å². The summed E-state index contributed by atoms with van der Waals surface area (Å²) in [7, 11) is 0. The Kier molecular flexibility index (Phi) is 5.11. The van der Waals surface area contributed by atoms with Gasteiger partial charge in [0, 0.05) is 21.8 Å². The van der Waals surface area contributed by atoms with Crippen LogP contribution >= 0.6 is 15.9 Å². The standard InChI is InChI=1S/C20H13BrN4O3/c21-15-7-3-13(4-8-15)18(26)23-20-25-24-19(28-20)14-5-9-16(10-6-14)27-17-2-1-11-22-12-17/h1-12H,(H,23,25,26). The summed E-state index contributed by atoms with van der Waals surface area (Å²) in [6, 6.07) is 17.7. The lowest BCUT2D eigenvalue weighted by atomic mass is 10.2. The summed E-state index contributed by atoms with van der Waals surface area (Å²) in [5, 5.41) is 10.4. The number of nitrogens with one attached hydrogen (secondary N) is 1. The molecule has 0 bridgehead atoms. The molecule has 28 heavy (non-hydrogen) atoms. The quantitative estimate of drug-likeness (QED) is 0.476. The first kappa shape index (κ1) is 17.9. The monoisotopic (exact) mass is 436 g/mol. The fraction of sp³-hybridized carbons (Fsp3) is 0. The molecule has 0 fully saturated rings. The second-order valence-electron chi connectivity index (χ2n) is 5.69. The maximum absolute atomic E-state index is 12.2. The van der Waals surface area contributed by atoms with Crippen LogP contribution in [-0.4, -0.2) is 21.1 Å². The highest BCUT2D eigenvalue weighted by molar-refractivity contribution is 9.10. The predicted octanol–water partition coefficient (Wildman–Crippen LogP) is 4.94. The van der Waals surface area contributed by atoms with Gasteiger partial charge in [-0.3, -0.25) is 15.1 Å². The highest BCUT2D eigenvalue weighted by atomic mass is 79.9. The minimum atomic E-state index is -0.331. The summed E-state index contributed by atoms with van der Waals surface area (Å²) >= 11 is 3.33. The fourth-order valence-corrected chi connectivity index (χ4v) is 2.63. The van der Waals surface area contributed by atoms with E-state index in [1.165, 1.54) is 0 Å². The summed E-state index contributed by atoms with van der Waals surface area (Å²) in [5.41, 5.74) is 1.19. The van der Waals surface area contributed by atoms with Crippen LogP contribution in [-0.2, 0) is 0 Å². The Morgan fingerprint density at radius 1 is 0.964 bits per heavy atom. The van der Waals surface area contributed by atoms with Gasteiger partial charge in [0.2, 0.25) is 5.89 Å². The van der Waals surface area contributed by atoms with E-state index in [2.05, 4.69) is 36.4 Å². The first-order chi connectivity index (χ1) is 13.7. The first-order valence-corrected chi connectivity index (χ1v) is 9.05. The van der Waals surface area contributed by atoms with Gasteiger partial charge < -0.3 is 9.15 Å². The van der Waals surface area contributed by atoms with Crippen LogP contribution in [0.5, 0.6) is 11.5 Å². The molecule has 0 aliphatic carbocycles. The normalized spacial score (nSPS) is 10.5. The van der Waals surface area contributed by atoms with E-state index in [0.717, 1.165) is 4.47 Å². The number of nitrogens with zero attached hydrogens (tertiary/aromatic N) is 3. The van der Waals surface area contributed by atoms with E-state index in [9.17, 15) is 4.79 Å². The molecule has 0 aliphatic heterocycles. The van der Waals surface area contributed by atoms with E-state index in [0.29, 0.717) is 28.5 Å². The Labute approximate surface area is 168 Å². The molecule has 8 heteroatoms. The zero-order valence-corrected chi connectivity index (χ0v) is 16.0. The van der Waals surface area contributed by atoms with Gasteiger partial charge in [-0.05, 0) is 60.7 Å². The third kappa shape index (κ3) is 4.24. The molecular formula is C20H13BrN4O3. The lowest BCUT2D eigenvalue weighted by molar-refractivity contribution is 0.102. The van der Waals surface area contributed by atoms with Crippen molar-refractivity contribution in [2.45, 2.75) is 0 Å². The summed E-state index contributed by atoms with van der Waals surface area (Å²) in [6.45, 7) is 0. The summed E-state index contributed by atoms with van der Waals surface area (Å²) in [5.74, 6) is 1.26. The molecule has 2 aromatic carbocycles.